The number of rotatable bonds is 3. The van der Waals surface area contributed by atoms with Crippen LogP contribution in [0.1, 0.15) is 15.2 Å². The van der Waals surface area contributed by atoms with E-state index in [9.17, 15) is 4.79 Å². The molecule has 0 aliphatic carbocycles. The lowest BCUT2D eigenvalue weighted by Gasteiger charge is -2.04. The maximum absolute atomic E-state index is 12.1. The summed E-state index contributed by atoms with van der Waals surface area (Å²) in [6, 6.07) is 18.6. The zero-order valence-corrected chi connectivity index (χ0v) is 18.7. The highest BCUT2D eigenvalue weighted by atomic mass is 35.5. The first-order valence-corrected chi connectivity index (χ1v) is 10.1. The van der Waals surface area contributed by atoms with Crippen molar-refractivity contribution in [1.29, 1.82) is 0 Å². The molecule has 4 aromatic rings. The molecule has 0 radical (unpaired) electrons. The van der Waals surface area contributed by atoms with E-state index in [-0.39, 0.29) is 5.91 Å². The number of aryl methyl sites for hydroxylation is 1. The van der Waals surface area contributed by atoms with Gasteiger partial charge in [0.2, 0.25) is 5.95 Å². The molecule has 0 saturated heterocycles. The lowest BCUT2D eigenvalue weighted by atomic mass is 10.2. The van der Waals surface area contributed by atoms with Crippen LogP contribution in [0.2, 0.25) is 4.34 Å². The number of aromatic nitrogens is 2. The van der Waals surface area contributed by atoms with E-state index in [1.807, 2.05) is 69.0 Å². The third-order valence-corrected chi connectivity index (χ3v) is 4.87. The molecule has 2 heterocycles. The van der Waals surface area contributed by atoms with Crippen LogP contribution in [0.25, 0.3) is 11.0 Å². The van der Waals surface area contributed by atoms with Gasteiger partial charge in [-0.2, -0.15) is 0 Å². The summed E-state index contributed by atoms with van der Waals surface area (Å²) in [6.07, 6.45) is 0. The molecule has 0 unspecified atom stereocenters. The van der Waals surface area contributed by atoms with Gasteiger partial charge >= 0.3 is 0 Å². The fourth-order valence-corrected chi connectivity index (χ4v) is 3.41. The smallest absolute Gasteiger partial charge is 0.255 e. The number of amides is 1. The van der Waals surface area contributed by atoms with Gasteiger partial charge in [-0.1, -0.05) is 29.8 Å². The number of carbonyl (C=O) groups excluding carboxylic acids is 3. The van der Waals surface area contributed by atoms with E-state index in [1.165, 1.54) is 4.88 Å². The molecule has 1 amide bonds. The predicted octanol–water partition coefficient (Wildman–Crippen LogP) is 5.20. The average molecular weight is 459 g/mol. The Kier molecular flexibility index (Phi) is 11.3. The quantitative estimate of drug-likeness (QED) is 0.391. The summed E-state index contributed by atoms with van der Waals surface area (Å²) in [5, 5.41) is 5.82. The van der Waals surface area contributed by atoms with E-state index in [0.29, 0.717) is 11.5 Å². The van der Waals surface area contributed by atoms with E-state index < -0.39 is 0 Å². The molecular formula is C22H23ClN4O3S. The minimum Gasteiger partial charge on any atom is -0.359 e. The number of benzene rings is 2. The van der Waals surface area contributed by atoms with Gasteiger partial charge in [0.1, 0.15) is 13.6 Å². The predicted molar refractivity (Wildman–Crippen MR) is 128 cm³/mol. The van der Waals surface area contributed by atoms with E-state index in [2.05, 4.69) is 20.6 Å². The summed E-state index contributed by atoms with van der Waals surface area (Å²) in [5.74, 6) is 0.574. The normalized spacial score (nSPS) is 9.13. The van der Waals surface area contributed by atoms with Gasteiger partial charge in [-0.25, -0.2) is 4.98 Å². The highest BCUT2D eigenvalue weighted by molar-refractivity contribution is 7.16. The molecule has 4 rings (SSSR count). The molecule has 9 heteroatoms. The van der Waals surface area contributed by atoms with Crippen LogP contribution in [0.4, 0.5) is 11.6 Å². The Morgan fingerprint density at radius 3 is 2.23 bits per heavy atom. The molecule has 31 heavy (non-hydrogen) atoms. The Morgan fingerprint density at radius 1 is 1.03 bits per heavy atom. The van der Waals surface area contributed by atoms with Gasteiger partial charge < -0.3 is 25.2 Å². The first kappa shape index (κ1) is 25.5. The topological polar surface area (TPSA) is 104 Å². The second-order valence-electron chi connectivity index (χ2n) is 5.74. The number of nitrogens with one attached hydrogen (secondary N) is 3. The van der Waals surface area contributed by atoms with Crippen molar-refractivity contribution in [1.82, 2.24) is 9.97 Å². The zero-order valence-electron chi connectivity index (χ0n) is 17.1. The maximum Gasteiger partial charge on any atom is 0.255 e. The standard InChI is InChI=1S/C15H14N4O.C5H5ClS.2CH2O/c1-16-15-18-12-8-7-11(9-13(12)19-15)17-14(20)10-5-3-2-4-6-10;1-4-2-3-5(6)7-4;2*1-2/h2-9H,1H3,(H,17,20)(H2,16,18,19);2-3H,1H3;2*1H2. The molecule has 0 aliphatic heterocycles. The van der Waals surface area contributed by atoms with E-state index >= 15 is 0 Å². The number of H-pyrrole nitrogens is 1. The monoisotopic (exact) mass is 458 g/mol. The Labute approximate surface area is 189 Å². The first-order valence-electron chi connectivity index (χ1n) is 8.89. The highest BCUT2D eigenvalue weighted by Crippen LogP contribution is 2.20. The molecule has 7 nitrogen and oxygen atoms in total. The highest BCUT2D eigenvalue weighted by Gasteiger charge is 2.07. The Bertz CT molecular complexity index is 1060. The van der Waals surface area contributed by atoms with Crippen LogP contribution in [0.3, 0.4) is 0 Å². The van der Waals surface area contributed by atoms with Gasteiger partial charge in [-0.15, -0.1) is 11.3 Å². The van der Waals surface area contributed by atoms with Crippen LogP contribution in [-0.2, 0) is 9.59 Å². The minimum absolute atomic E-state index is 0.127. The number of halogens is 1. The van der Waals surface area contributed by atoms with Crippen molar-refractivity contribution >= 4 is 65.1 Å². The van der Waals surface area contributed by atoms with Crippen LogP contribution in [-0.4, -0.2) is 36.5 Å². The third kappa shape index (κ3) is 8.04. The Hall–Kier alpha value is -3.49. The lowest BCUT2D eigenvalue weighted by molar-refractivity contribution is -0.0987. The summed E-state index contributed by atoms with van der Waals surface area (Å²) in [7, 11) is 1.80. The second-order valence-corrected chi connectivity index (χ2v) is 7.66. The van der Waals surface area contributed by atoms with Crippen LogP contribution in [0.15, 0.2) is 60.7 Å². The minimum atomic E-state index is -0.127. The molecule has 162 valence electrons. The van der Waals surface area contributed by atoms with Crippen molar-refractivity contribution in [3.63, 3.8) is 0 Å². The molecule has 0 bridgehead atoms. The molecule has 0 saturated carbocycles. The van der Waals surface area contributed by atoms with Crippen LogP contribution in [0, 0.1) is 6.92 Å². The van der Waals surface area contributed by atoms with E-state index in [0.717, 1.165) is 21.1 Å². The fourth-order valence-electron chi connectivity index (χ4n) is 2.40. The van der Waals surface area contributed by atoms with Crippen molar-refractivity contribution in [2.45, 2.75) is 6.92 Å². The lowest BCUT2D eigenvalue weighted by Crippen LogP contribution is -2.11. The van der Waals surface area contributed by atoms with Gasteiger partial charge in [0.05, 0.1) is 15.4 Å². The second kappa shape index (κ2) is 13.7. The van der Waals surface area contributed by atoms with E-state index in [1.54, 1.807) is 30.5 Å². The van der Waals surface area contributed by atoms with Crippen molar-refractivity contribution in [2.24, 2.45) is 0 Å². The zero-order chi connectivity index (χ0) is 23.2. The molecule has 0 atom stereocenters. The summed E-state index contributed by atoms with van der Waals surface area (Å²) in [4.78, 5) is 36.8. The van der Waals surface area contributed by atoms with Gasteiger partial charge in [0.15, 0.2) is 0 Å². The van der Waals surface area contributed by atoms with Crippen LogP contribution < -0.4 is 10.6 Å². The summed E-state index contributed by atoms with van der Waals surface area (Å²) >= 11 is 7.19. The van der Waals surface area contributed by atoms with Gasteiger partial charge in [0.25, 0.3) is 5.91 Å². The number of anilines is 2. The largest absolute Gasteiger partial charge is 0.359 e. The number of carbonyl (C=O) groups is 3. The van der Waals surface area contributed by atoms with Crippen molar-refractivity contribution < 1.29 is 14.4 Å². The number of aromatic amines is 1. The van der Waals surface area contributed by atoms with Gasteiger partial charge in [0, 0.05) is 23.2 Å². The van der Waals surface area contributed by atoms with E-state index in [4.69, 9.17) is 21.2 Å². The van der Waals surface area contributed by atoms with Crippen molar-refractivity contribution in [2.75, 3.05) is 17.7 Å². The number of imidazole rings is 1. The summed E-state index contributed by atoms with van der Waals surface area (Å²) < 4.78 is 0.873. The maximum atomic E-state index is 12.1. The Balaban J connectivity index is 0.000000366. The number of fused-ring (bicyclic) bond motifs is 1. The molecular weight excluding hydrogens is 436 g/mol. The summed E-state index contributed by atoms with van der Waals surface area (Å²) in [6.45, 7) is 6.04. The average Bonchev–Trinajstić information content (AvgIpc) is 3.41. The molecule has 0 aliphatic rings. The Morgan fingerprint density at radius 2 is 1.71 bits per heavy atom. The molecule has 0 fully saturated rings. The number of nitrogens with zero attached hydrogens (tertiary/aromatic N) is 1. The summed E-state index contributed by atoms with van der Waals surface area (Å²) in [5.41, 5.74) is 3.10. The van der Waals surface area contributed by atoms with Crippen molar-refractivity contribution in [3.8, 4) is 0 Å². The molecule has 0 spiro atoms. The van der Waals surface area contributed by atoms with Gasteiger partial charge in [-0.3, -0.25) is 4.79 Å². The number of thiophene rings is 1. The van der Waals surface area contributed by atoms with Gasteiger partial charge in [-0.05, 0) is 49.4 Å². The molecule has 2 aromatic carbocycles. The molecule has 3 N–H and O–H groups in total. The number of hydrogen-bond acceptors (Lipinski definition) is 6. The number of hydrogen-bond donors (Lipinski definition) is 3. The van der Waals surface area contributed by atoms with Crippen molar-refractivity contribution in [3.05, 3.63) is 75.4 Å². The van der Waals surface area contributed by atoms with Crippen LogP contribution >= 0.6 is 22.9 Å². The molecule has 2 aromatic heterocycles. The first-order chi connectivity index (χ1) is 15.0. The fraction of sp³-hybridized carbons (Fsp3) is 0.0909. The third-order valence-electron chi connectivity index (χ3n) is 3.72. The van der Waals surface area contributed by atoms with Crippen LogP contribution in [0.5, 0.6) is 0 Å². The SMILES string of the molecule is C=O.C=O.CNc1nc2ccc(NC(=O)c3ccccc3)cc2[nH]1.Cc1ccc(Cl)s1.